The molecule has 2 aliphatic heterocycles. The lowest BCUT2D eigenvalue weighted by Crippen LogP contribution is -2.36. The highest BCUT2D eigenvalue weighted by Gasteiger charge is 2.34. The van der Waals surface area contributed by atoms with Gasteiger partial charge in [0.25, 0.3) is 0 Å². The number of nitrogens with zero attached hydrogens (tertiary/aromatic N) is 5. The van der Waals surface area contributed by atoms with E-state index in [0.29, 0.717) is 42.0 Å². The van der Waals surface area contributed by atoms with Gasteiger partial charge < -0.3 is 25.0 Å². The summed E-state index contributed by atoms with van der Waals surface area (Å²) in [5.74, 6) is 1.96. The minimum Gasteiger partial charge on any atom is -0.337 e. The normalized spacial score (nSPS) is 17.6. The third-order valence-electron chi connectivity index (χ3n) is 8.04. The third-order valence-corrected chi connectivity index (χ3v) is 8.04. The van der Waals surface area contributed by atoms with E-state index in [4.69, 9.17) is 14.8 Å². The van der Waals surface area contributed by atoms with E-state index in [-0.39, 0.29) is 55.0 Å². The molecule has 0 saturated carbocycles. The van der Waals surface area contributed by atoms with Crippen LogP contribution in [0.1, 0.15) is 61.5 Å². The lowest BCUT2D eigenvalue weighted by molar-refractivity contribution is -0.132. The Morgan fingerprint density at radius 3 is 2.06 bits per heavy atom. The number of likely N-dealkylation sites (tertiary alicyclic amines) is 1. The predicted molar refractivity (Wildman–Crippen MR) is 180 cm³/mol. The van der Waals surface area contributed by atoms with E-state index < -0.39 is 6.04 Å². The number of carbonyl (C=O) groups excluding carboxylic acids is 1. The zero-order chi connectivity index (χ0) is 31.0. The van der Waals surface area contributed by atoms with Gasteiger partial charge in [-0.1, -0.05) is 89.2 Å². The highest BCUT2D eigenvalue weighted by molar-refractivity contribution is 5.85. The number of carbonyl (C=O) groups is 1. The number of benzene rings is 3. The number of halogens is 3. The number of amides is 1. The molecular weight excluding hydrogens is 644 g/mol. The van der Waals surface area contributed by atoms with E-state index in [1.807, 2.05) is 60.7 Å². The molecule has 0 bridgehead atoms. The van der Waals surface area contributed by atoms with Crippen molar-refractivity contribution in [3.8, 4) is 22.8 Å². The van der Waals surface area contributed by atoms with E-state index >= 15 is 0 Å². The van der Waals surface area contributed by atoms with Crippen molar-refractivity contribution in [1.29, 1.82) is 0 Å². The van der Waals surface area contributed by atoms with Crippen LogP contribution in [-0.4, -0.2) is 50.2 Å². The Morgan fingerprint density at radius 2 is 1.45 bits per heavy atom. The average molecular weight is 683 g/mol. The monoisotopic (exact) mass is 681 g/mol. The maximum Gasteiger partial charge on any atom is 0.249 e. The summed E-state index contributed by atoms with van der Waals surface area (Å²) in [7, 11) is 0. The summed E-state index contributed by atoms with van der Waals surface area (Å²) in [5, 5.41) is 11.4. The number of aromatic nitrogens is 4. The maximum atomic E-state index is 13.8. The molecule has 4 heterocycles. The highest BCUT2D eigenvalue weighted by atomic mass is 35.5. The van der Waals surface area contributed by atoms with Crippen molar-refractivity contribution < 1.29 is 18.2 Å². The van der Waals surface area contributed by atoms with Crippen LogP contribution in [0.2, 0.25) is 0 Å². The van der Waals surface area contributed by atoms with Crippen molar-refractivity contribution in [3.05, 3.63) is 108 Å². The van der Waals surface area contributed by atoms with Gasteiger partial charge in [0.2, 0.25) is 29.3 Å². The second kappa shape index (κ2) is 17.1. The molecule has 2 aliphatic rings. The Morgan fingerprint density at radius 1 is 0.851 bits per heavy atom. The largest absolute Gasteiger partial charge is 0.337 e. The lowest BCUT2D eigenvalue weighted by Gasteiger charge is -2.23. The zero-order valence-corrected chi connectivity index (χ0v) is 27.3. The second-order valence-electron chi connectivity index (χ2n) is 11.3. The highest BCUT2D eigenvalue weighted by Crippen LogP contribution is 2.33. The summed E-state index contributed by atoms with van der Waals surface area (Å²) in [4.78, 5) is 23.5. The Bertz CT molecular complexity index is 1680. The Hall–Kier alpha value is -4.16. The second-order valence-corrected chi connectivity index (χ2v) is 11.3. The van der Waals surface area contributed by atoms with E-state index in [9.17, 15) is 9.18 Å². The van der Waals surface area contributed by atoms with Gasteiger partial charge in [0.05, 0.1) is 6.04 Å². The maximum absolute atomic E-state index is 13.8. The first-order valence-corrected chi connectivity index (χ1v) is 15.3. The number of hydrogen-bond acceptors (Lipinski definition) is 9. The van der Waals surface area contributed by atoms with Crippen molar-refractivity contribution in [3.63, 3.8) is 0 Å². The Kier molecular flexibility index (Phi) is 13.0. The topological polar surface area (TPSA) is 136 Å². The molecular formula is C34H38Cl2FN7O3. The molecule has 13 heteroatoms. The molecule has 3 aromatic carbocycles. The van der Waals surface area contributed by atoms with Crippen molar-refractivity contribution in [1.82, 2.24) is 30.5 Å². The molecule has 0 aliphatic carbocycles. The van der Waals surface area contributed by atoms with Gasteiger partial charge in [-0.2, -0.15) is 9.97 Å². The molecule has 0 radical (unpaired) electrons. The molecule has 2 aromatic heterocycles. The number of hydrogen-bond donors (Lipinski definition) is 2. The summed E-state index contributed by atoms with van der Waals surface area (Å²) in [6.07, 6.45) is 4.34. The van der Waals surface area contributed by atoms with Gasteiger partial charge >= 0.3 is 0 Å². The van der Waals surface area contributed by atoms with Gasteiger partial charge in [-0.3, -0.25) is 4.79 Å². The molecule has 1 amide bonds. The predicted octanol–water partition coefficient (Wildman–Crippen LogP) is 6.50. The SMILES string of the molecule is Cl.Cl.N[C@@H](CC(=O)N1CCC[C@@H]1c1nc(-c2ccccc2)no1)Cc1ccccc1F.c1ccc(-c2noc([C@H]3CCCN3)n2)cc1. The molecule has 7 rings (SSSR count). The van der Waals surface area contributed by atoms with Crippen LogP contribution in [0.3, 0.4) is 0 Å². The van der Waals surface area contributed by atoms with Crippen LogP contribution < -0.4 is 11.1 Å². The first-order chi connectivity index (χ1) is 22.0. The zero-order valence-electron chi connectivity index (χ0n) is 25.7. The van der Waals surface area contributed by atoms with Gasteiger partial charge in [-0.25, -0.2) is 4.39 Å². The van der Waals surface area contributed by atoms with Gasteiger partial charge in [0, 0.05) is 30.1 Å². The van der Waals surface area contributed by atoms with Crippen molar-refractivity contribution >= 4 is 30.7 Å². The number of nitrogens with two attached hydrogens (primary N) is 1. The number of rotatable bonds is 8. The third kappa shape index (κ3) is 9.01. The smallest absolute Gasteiger partial charge is 0.249 e. The molecule has 47 heavy (non-hydrogen) atoms. The first-order valence-electron chi connectivity index (χ1n) is 15.3. The summed E-state index contributed by atoms with van der Waals surface area (Å²) >= 11 is 0. The molecule has 5 aromatic rings. The van der Waals surface area contributed by atoms with Crippen LogP contribution in [0, 0.1) is 5.82 Å². The number of nitrogens with one attached hydrogen (secondary N) is 1. The standard InChI is InChI=1S/C22H23FN4O2.C12H13N3O.2ClH/c23-18-10-5-4-9-16(18)13-17(24)14-20(28)27-12-6-11-19(27)22-25-21(26-29-22)15-7-2-1-3-8-15;1-2-5-9(6-3-1)11-14-12(16-15-11)10-7-4-8-13-10;;/h1-5,7-10,17,19H,6,11-14,24H2;1-3,5-6,10,13H,4,7-8H2;2*1H/t17-,19-;10-;;/m11../s1. The molecule has 0 spiro atoms. The Balaban J connectivity index is 0.000000236. The van der Waals surface area contributed by atoms with Crippen LogP contribution in [0.15, 0.2) is 94.0 Å². The fraction of sp³-hybridized carbons (Fsp3) is 0.324. The Labute approximate surface area is 285 Å². The molecule has 2 saturated heterocycles. The quantitative estimate of drug-likeness (QED) is 0.188. The van der Waals surface area contributed by atoms with Crippen LogP contribution in [0.5, 0.6) is 0 Å². The summed E-state index contributed by atoms with van der Waals surface area (Å²) in [5.41, 5.74) is 8.53. The molecule has 0 unspecified atom stereocenters. The van der Waals surface area contributed by atoms with E-state index in [2.05, 4.69) is 25.6 Å². The van der Waals surface area contributed by atoms with Crippen molar-refractivity contribution in [2.24, 2.45) is 5.73 Å². The molecule has 248 valence electrons. The summed E-state index contributed by atoms with van der Waals surface area (Å²) in [6.45, 7) is 1.66. The van der Waals surface area contributed by atoms with Crippen LogP contribution >= 0.6 is 24.8 Å². The molecule has 3 atom stereocenters. The lowest BCUT2D eigenvalue weighted by atomic mass is 10.0. The summed E-state index contributed by atoms with van der Waals surface area (Å²) < 4.78 is 24.6. The van der Waals surface area contributed by atoms with Crippen LogP contribution in [0.4, 0.5) is 4.39 Å². The van der Waals surface area contributed by atoms with Gasteiger partial charge in [-0.15, -0.1) is 24.8 Å². The van der Waals surface area contributed by atoms with Gasteiger partial charge in [-0.05, 0) is 50.3 Å². The minimum absolute atomic E-state index is 0. The fourth-order valence-corrected chi connectivity index (χ4v) is 5.73. The van der Waals surface area contributed by atoms with E-state index in [0.717, 1.165) is 36.9 Å². The van der Waals surface area contributed by atoms with Crippen LogP contribution in [0.25, 0.3) is 22.8 Å². The van der Waals surface area contributed by atoms with E-state index in [1.54, 1.807) is 23.1 Å². The first kappa shape index (κ1) is 35.7. The van der Waals surface area contributed by atoms with E-state index in [1.165, 1.54) is 12.5 Å². The van der Waals surface area contributed by atoms with Gasteiger partial charge in [0.1, 0.15) is 11.9 Å². The molecule has 10 nitrogen and oxygen atoms in total. The molecule has 2 fully saturated rings. The van der Waals surface area contributed by atoms with Crippen LogP contribution in [-0.2, 0) is 11.2 Å². The fourth-order valence-electron chi connectivity index (χ4n) is 5.73. The summed E-state index contributed by atoms with van der Waals surface area (Å²) in [6, 6.07) is 25.5. The van der Waals surface area contributed by atoms with Gasteiger partial charge in [0.15, 0.2) is 0 Å². The minimum atomic E-state index is -0.455. The average Bonchev–Trinajstić information content (AvgIpc) is 3.90. The molecule has 3 N–H and O–H groups in total. The van der Waals surface area contributed by atoms with Crippen molar-refractivity contribution in [2.75, 3.05) is 13.1 Å². The van der Waals surface area contributed by atoms with Crippen molar-refractivity contribution in [2.45, 2.75) is 56.7 Å².